The summed E-state index contributed by atoms with van der Waals surface area (Å²) in [5.41, 5.74) is 5.70. The van der Waals surface area contributed by atoms with Crippen LogP contribution in [0, 0.1) is 11.8 Å². The predicted octanol–water partition coefficient (Wildman–Crippen LogP) is 10.5. The monoisotopic (exact) mass is 920 g/mol. The summed E-state index contributed by atoms with van der Waals surface area (Å²) in [7, 11) is 1.55. The highest BCUT2D eigenvalue weighted by atomic mass is 16.6. The van der Waals surface area contributed by atoms with E-state index in [2.05, 4.69) is 84.9 Å². The molecule has 1 aromatic heterocycles. The average molecular weight is 921 g/mol. The number of hydrogen-bond donors (Lipinski definition) is 2. The van der Waals surface area contributed by atoms with Gasteiger partial charge in [-0.3, -0.25) is 4.79 Å². The molecular weight excluding hydrogens is 857 g/mol. The summed E-state index contributed by atoms with van der Waals surface area (Å²) in [4.78, 5) is 44.0. The van der Waals surface area contributed by atoms with Gasteiger partial charge in [0.1, 0.15) is 16.9 Å². The van der Waals surface area contributed by atoms with Crippen LogP contribution in [0.5, 0.6) is 5.75 Å². The Morgan fingerprint density at radius 3 is 2.37 bits per heavy atom. The van der Waals surface area contributed by atoms with Gasteiger partial charge in [0.15, 0.2) is 12.2 Å². The minimum atomic E-state index is -1.23. The van der Waals surface area contributed by atoms with Crippen LogP contribution in [-0.2, 0) is 36.6 Å². The van der Waals surface area contributed by atoms with Crippen molar-refractivity contribution in [2.75, 3.05) is 26.9 Å². The van der Waals surface area contributed by atoms with Gasteiger partial charge in [-0.25, -0.2) is 9.59 Å². The van der Waals surface area contributed by atoms with Crippen LogP contribution in [0.4, 0.5) is 0 Å². The summed E-state index contributed by atoms with van der Waals surface area (Å²) in [6.45, 7) is 3.41. The highest BCUT2D eigenvalue weighted by Crippen LogP contribution is 2.52. The molecule has 5 aliphatic rings. The van der Waals surface area contributed by atoms with E-state index in [1.54, 1.807) is 20.1 Å². The second kappa shape index (κ2) is 20.8. The number of aliphatic hydroxyl groups is 2. The molecular formula is C58H64O10. The normalized spacial score (nSPS) is 25.6. The Morgan fingerprint density at radius 1 is 0.838 bits per heavy atom. The first-order chi connectivity index (χ1) is 33.1. The summed E-state index contributed by atoms with van der Waals surface area (Å²) in [6, 6.07) is 33.0. The Labute approximate surface area is 399 Å². The summed E-state index contributed by atoms with van der Waals surface area (Å²) >= 11 is 0. The number of carbonyl (C=O) groups excluding carboxylic acids is 2. The van der Waals surface area contributed by atoms with E-state index in [1.165, 1.54) is 16.7 Å². The van der Waals surface area contributed by atoms with Crippen molar-refractivity contribution in [1.29, 1.82) is 0 Å². The molecule has 356 valence electrons. The van der Waals surface area contributed by atoms with Gasteiger partial charge in [0, 0.05) is 60.3 Å². The lowest BCUT2D eigenvalue weighted by atomic mass is 9.71. The lowest BCUT2D eigenvalue weighted by Crippen LogP contribution is -2.58. The molecule has 10 nitrogen and oxygen atoms in total. The van der Waals surface area contributed by atoms with Crippen LogP contribution in [0.25, 0.3) is 11.0 Å². The number of benzene rings is 4. The molecule has 2 aliphatic carbocycles. The lowest BCUT2D eigenvalue weighted by Gasteiger charge is -2.50. The van der Waals surface area contributed by atoms with Crippen molar-refractivity contribution >= 4 is 22.9 Å². The highest BCUT2D eigenvalue weighted by Gasteiger charge is 2.56. The number of hydrogen-bond acceptors (Lipinski definition) is 10. The Morgan fingerprint density at radius 2 is 1.62 bits per heavy atom. The number of fused-ring (bicyclic) bond motifs is 11. The zero-order valence-electron chi connectivity index (χ0n) is 39.5. The fourth-order valence-electron chi connectivity index (χ4n) is 11.5. The maximum Gasteiger partial charge on any atom is 0.339 e. The first kappa shape index (κ1) is 47.3. The molecule has 1 fully saturated rings. The Hall–Kier alpha value is -5.81. The van der Waals surface area contributed by atoms with E-state index in [-0.39, 0.29) is 55.5 Å². The zero-order valence-corrected chi connectivity index (χ0v) is 39.5. The molecule has 0 radical (unpaired) electrons. The van der Waals surface area contributed by atoms with E-state index in [1.807, 2.05) is 25.1 Å². The van der Waals surface area contributed by atoms with Gasteiger partial charge < -0.3 is 33.6 Å². The molecule has 7 atom stereocenters. The predicted molar refractivity (Wildman–Crippen MR) is 261 cm³/mol. The second-order valence-electron chi connectivity index (χ2n) is 19.7. The summed E-state index contributed by atoms with van der Waals surface area (Å²) in [6.07, 6.45) is 9.51. The highest BCUT2D eigenvalue weighted by molar-refractivity contribution is 5.90. The number of allylic oxidation sites excluding steroid dienone is 2. The third kappa shape index (κ3) is 9.87. The van der Waals surface area contributed by atoms with Gasteiger partial charge in [0.2, 0.25) is 0 Å². The van der Waals surface area contributed by atoms with Gasteiger partial charge >= 0.3 is 17.6 Å². The quantitative estimate of drug-likeness (QED) is 0.0602. The molecule has 7 unspecified atom stereocenters. The van der Waals surface area contributed by atoms with Gasteiger partial charge in [0.05, 0.1) is 18.8 Å². The fraction of sp³-hybridized carbons (Fsp3) is 0.431. The molecule has 0 amide bonds. The van der Waals surface area contributed by atoms with Gasteiger partial charge in [-0.1, -0.05) is 110 Å². The minimum Gasteiger partial charge on any atom is -0.483 e. The maximum atomic E-state index is 15.1. The van der Waals surface area contributed by atoms with Gasteiger partial charge in [-0.15, -0.1) is 0 Å². The zero-order chi connectivity index (χ0) is 47.4. The summed E-state index contributed by atoms with van der Waals surface area (Å²) in [5, 5.41) is 20.9. The average Bonchev–Trinajstić information content (AvgIpc) is 3.35. The maximum absolute atomic E-state index is 15.1. The van der Waals surface area contributed by atoms with E-state index in [9.17, 15) is 19.8 Å². The first-order valence-electron chi connectivity index (χ1n) is 24.6. The van der Waals surface area contributed by atoms with Crippen molar-refractivity contribution in [2.24, 2.45) is 11.8 Å². The standard InChI is InChI=1S/C58H64O10/c1-36(34-60)47-24-19-37-17-20-40(21-18-37)48-25-22-42(41-14-10-13-39(30-41)29-38-11-6-4-7-12-38)31-45(48)33-51(61)65-54-52-50(68-58(2,55(54)67-56(47)62)46-15-8-5-9-16-46)26-23-43-32-49(57(63)66-53(43)52)44(27-28-59)35-64-3/h4,6-7,10-14,17-18,20-23,25-26,30,32,42,44-46,48,54-55,59-60H,5,8-9,15-16,19,24,27-29,31,33-35H2,1-3H3. The number of aliphatic hydroxyl groups excluding tert-OH is 2. The molecule has 4 aromatic carbocycles. The summed E-state index contributed by atoms with van der Waals surface area (Å²) < 4.78 is 32.4. The fourth-order valence-corrected chi connectivity index (χ4v) is 11.5. The summed E-state index contributed by atoms with van der Waals surface area (Å²) in [5.74, 6) is -1.38. The molecule has 68 heavy (non-hydrogen) atoms. The molecule has 2 N–H and O–H groups in total. The van der Waals surface area contributed by atoms with E-state index in [0.717, 1.165) is 49.7 Å². The largest absolute Gasteiger partial charge is 0.483 e. The molecule has 0 spiro atoms. The molecule has 10 heteroatoms. The Bertz CT molecular complexity index is 2710. The van der Waals surface area contributed by atoms with Gasteiger partial charge in [0.25, 0.3) is 0 Å². The van der Waals surface area contributed by atoms with Crippen LogP contribution in [0.1, 0.15) is 134 Å². The number of methoxy groups -OCH3 is 1. The Balaban J connectivity index is 1.16. The number of ether oxygens (including phenoxy) is 4. The van der Waals surface area contributed by atoms with Crippen LogP contribution < -0.4 is 10.4 Å². The van der Waals surface area contributed by atoms with E-state index < -0.39 is 41.3 Å². The molecule has 3 aliphatic heterocycles. The van der Waals surface area contributed by atoms with E-state index in [0.29, 0.717) is 59.1 Å². The smallest absolute Gasteiger partial charge is 0.339 e. The Kier molecular flexibility index (Phi) is 14.5. The molecule has 4 heterocycles. The van der Waals surface area contributed by atoms with Crippen LogP contribution in [0.2, 0.25) is 0 Å². The molecule has 2 bridgehead atoms. The van der Waals surface area contributed by atoms with E-state index in [4.69, 9.17) is 23.4 Å². The van der Waals surface area contributed by atoms with E-state index >= 15 is 4.79 Å². The molecule has 1 saturated carbocycles. The van der Waals surface area contributed by atoms with Crippen molar-refractivity contribution in [1.82, 2.24) is 0 Å². The van der Waals surface area contributed by atoms with Crippen molar-refractivity contribution < 1.29 is 43.2 Å². The SMILES string of the molecule is COCC(CCO)c1cc2ccc3c(c2oc1=O)C1OC(=O)CC2CC(c4cccc(Cc5ccccc5)c4)C=CC2c2ccc(cc2)CCC(=C(C)CO)C(=O)OC1C(C)(C1CCCCC1)O3. The molecule has 5 aromatic rings. The van der Waals surface area contributed by atoms with Crippen molar-refractivity contribution in [3.63, 3.8) is 0 Å². The van der Waals surface area contributed by atoms with Crippen molar-refractivity contribution in [2.45, 2.75) is 120 Å². The number of esters is 2. The van der Waals surface area contributed by atoms with Crippen molar-refractivity contribution in [3.8, 4) is 5.75 Å². The molecule has 10 rings (SSSR count). The van der Waals surface area contributed by atoms with Crippen molar-refractivity contribution in [3.05, 3.63) is 170 Å². The van der Waals surface area contributed by atoms with Crippen LogP contribution >= 0.6 is 0 Å². The molecule has 0 saturated heterocycles. The second-order valence-corrected chi connectivity index (χ2v) is 19.7. The number of aryl methyl sites for hydroxylation is 1. The number of rotatable bonds is 10. The van der Waals surface area contributed by atoms with Crippen LogP contribution in [0.3, 0.4) is 0 Å². The third-order valence-electron chi connectivity index (χ3n) is 15.3. The third-order valence-corrected chi connectivity index (χ3v) is 15.3. The minimum absolute atomic E-state index is 0.0527. The lowest BCUT2D eigenvalue weighted by molar-refractivity contribution is -0.201. The van der Waals surface area contributed by atoms with Crippen LogP contribution in [-0.4, -0.2) is 60.8 Å². The van der Waals surface area contributed by atoms with Crippen LogP contribution in [0.15, 0.2) is 130 Å². The first-order valence-corrected chi connectivity index (χ1v) is 24.6. The van der Waals surface area contributed by atoms with Gasteiger partial charge in [-0.2, -0.15) is 0 Å². The number of carbonyl (C=O) groups is 2. The van der Waals surface area contributed by atoms with Gasteiger partial charge in [-0.05, 0) is 116 Å². The topological polar surface area (TPSA) is 142 Å².